The SMILES string of the molecule is CC(C)(N)c1noc(Cn2cccnc2=O)n1. The molecule has 0 unspecified atom stereocenters. The number of hydrogen-bond acceptors (Lipinski definition) is 6. The number of rotatable bonds is 3. The van der Waals surface area contributed by atoms with E-state index in [2.05, 4.69) is 15.1 Å². The Hall–Kier alpha value is -2.02. The smallest absolute Gasteiger partial charge is 0.337 e. The molecule has 2 heterocycles. The summed E-state index contributed by atoms with van der Waals surface area (Å²) >= 11 is 0. The van der Waals surface area contributed by atoms with E-state index in [4.69, 9.17) is 10.3 Å². The zero-order valence-electron chi connectivity index (χ0n) is 9.62. The molecule has 17 heavy (non-hydrogen) atoms. The van der Waals surface area contributed by atoms with Crippen molar-refractivity contribution in [1.29, 1.82) is 0 Å². The Morgan fingerprint density at radius 1 is 1.53 bits per heavy atom. The van der Waals surface area contributed by atoms with Crippen molar-refractivity contribution in [3.8, 4) is 0 Å². The third-order valence-corrected chi connectivity index (χ3v) is 2.13. The zero-order valence-corrected chi connectivity index (χ0v) is 9.62. The number of nitrogens with zero attached hydrogens (tertiary/aromatic N) is 4. The van der Waals surface area contributed by atoms with Crippen molar-refractivity contribution < 1.29 is 4.52 Å². The van der Waals surface area contributed by atoms with Crippen LogP contribution in [0.1, 0.15) is 25.6 Å². The van der Waals surface area contributed by atoms with Gasteiger partial charge in [0, 0.05) is 12.4 Å². The van der Waals surface area contributed by atoms with E-state index in [0.29, 0.717) is 11.7 Å². The molecule has 2 rings (SSSR count). The van der Waals surface area contributed by atoms with Gasteiger partial charge in [0.05, 0.1) is 5.54 Å². The molecule has 0 saturated heterocycles. The molecule has 2 aromatic rings. The second-order valence-corrected chi connectivity index (χ2v) is 4.26. The van der Waals surface area contributed by atoms with Crippen LogP contribution in [0.2, 0.25) is 0 Å². The van der Waals surface area contributed by atoms with E-state index in [0.717, 1.165) is 0 Å². The average molecular weight is 235 g/mol. The summed E-state index contributed by atoms with van der Waals surface area (Å²) < 4.78 is 6.40. The van der Waals surface area contributed by atoms with E-state index in [1.807, 2.05) is 0 Å². The molecule has 0 spiro atoms. The van der Waals surface area contributed by atoms with Crippen LogP contribution in [0.15, 0.2) is 27.8 Å². The van der Waals surface area contributed by atoms with Crippen LogP contribution in [0.3, 0.4) is 0 Å². The Morgan fingerprint density at radius 3 is 2.88 bits per heavy atom. The van der Waals surface area contributed by atoms with Crippen LogP contribution in [-0.2, 0) is 12.1 Å². The summed E-state index contributed by atoms with van der Waals surface area (Å²) in [6, 6.07) is 1.66. The van der Waals surface area contributed by atoms with Crippen LogP contribution in [0, 0.1) is 0 Å². The third-order valence-electron chi connectivity index (χ3n) is 2.13. The van der Waals surface area contributed by atoms with Gasteiger partial charge >= 0.3 is 5.69 Å². The van der Waals surface area contributed by atoms with Crippen LogP contribution < -0.4 is 11.4 Å². The molecule has 0 aliphatic heterocycles. The molecule has 0 bridgehead atoms. The van der Waals surface area contributed by atoms with E-state index in [1.165, 1.54) is 10.8 Å². The lowest BCUT2D eigenvalue weighted by Crippen LogP contribution is -2.30. The van der Waals surface area contributed by atoms with Crippen molar-refractivity contribution in [3.05, 3.63) is 40.7 Å². The van der Waals surface area contributed by atoms with Crippen LogP contribution in [0.5, 0.6) is 0 Å². The molecular formula is C10H13N5O2. The van der Waals surface area contributed by atoms with Crippen molar-refractivity contribution in [2.45, 2.75) is 25.9 Å². The average Bonchev–Trinajstić information content (AvgIpc) is 2.69. The van der Waals surface area contributed by atoms with Crippen molar-refractivity contribution in [2.24, 2.45) is 5.73 Å². The standard InChI is InChI=1S/C10H13N5O2/c1-10(2,11)8-13-7(17-14-8)6-15-5-3-4-12-9(15)16/h3-5H,6,11H2,1-2H3. The van der Waals surface area contributed by atoms with Gasteiger partial charge in [0.15, 0.2) is 5.82 Å². The first-order valence-corrected chi connectivity index (χ1v) is 5.10. The fraction of sp³-hybridized carbons (Fsp3) is 0.400. The predicted molar refractivity (Wildman–Crippen MR) is 59.1 cm³/mol. The molecule has 0 saturated carbocycles. The van der Waals surface area contributed by atoms with Crippen molar-refractivity contribution >= 4 is 0 Å². The topological polar surface area (TPSA) is 99.8 Å². The van der Waals surface area contributed by atoms with Crippen molar-refractivity contribution in [1.82, 2.24) is 19.7 Å². The Morgan fingerprint density at radius 2 is 2.29 bits per heavy atom. The molecule has 2 N–H and O–H groups in total. The Kier molecular flexibility index (Phi) is 2.76. The van der Waals surface area contributed by atoms with E-state index < -0.39 is 5.54 Å². The molecule has 90 valence electrons. The van der Waals surface area contributed by atoms with Crippen LogP contribution in [-0.4, -0.2) is 19.7 Å². The first-order valence-electron chi connectivity index (χ1n) is 5.10. The third kappa shape index (κ3) is 2.56. The summed E-state index contributed by atoms with van der Waals surface area (Å²) in [6.07, 6.45) is 3.04. The molecule has 2 aromatic heterocycles. The number of nitrogens with two attached hydrogens (primary N) is 1. The summed E-state index contributed by atoms with van der Waals surface area (Å²) in [6.45, 7) is 3.74. The highest BCUT2D eigenvalue weighted by molar-refractivity contribution is 4.99. The van der Waals surface area contributed by atoms with E-state index in [1.54, 1.807) is 26.1 Å². The molecule has 0 atom stereocenters. The van der Waals surface area contributed by atoms with Gasteiger partial charge in [-0.25, -0.2) is 9.78 Å². The highest BCUT2D eigenvalue weighted by atomic mass is 16.5. The minimum Gasteiger partial charge on any atom is -0.337 e. The van der Waals surface area contributed by atoms with Gasteiger partial charge < -0.3 is 10.3 Å². The Labute approximate surface area is 97.3 Å². The Bertz CT molecular complexity index is 566. The lowest BCUT2D eigenvalue weighted by Gasteiger charge is -2.11. The maximum atomic E-state index is 11.4. The van der Waals surface area contributed by atoms with Crippen LogP contribution in [0.4, 0.5) is 0 Å². The number of hydrogen-bond donors (Lipinski definition) is 1. The molecule has 0 aliphatic carbocycles. The van der Waals surface area contributed by atoms with Gasteiger partial charge in [-0.05, 0) is 19.9 Å². The highest BCUT2D eigenvalue weighted by Crippen LogP contribution is 2.12. The first-order chi connectivity index (χ1) is 7.97. The minimum atomic E-state index is -0.665. The van der Waals surface area contributed by atoms with Gasteiger partial charge in [0.1, 0.15) is 6.54 Å². The number of aromatic nitrogens is 4. The summed E-state index contributed by atoms with van der Waals surface area (Å²) in [4.78, 5) is 19.1. The van der Waals surface area contributed by atoms with E-state index in [9.17, 15) is 4.79 Å². The fourth-order valence-corrected chi connectivity index (χ4v) is 1.23. The molecule has 0 amide bonds. The maximum absolute atomic E-state index is 11.4. The van der Waals surface area contributed by atoms with Gasteiger partial charge in [-0.3, -0.25) is 4.57 Å². The highest BCUT2D eigenvalue weighted by Gasteiger charge is 2.21. The predicted octanol–water partition coefficient (Wildman–Crippen LogP) is -0.132. The van der Waals surface area contributed by atoms with Crippen LogP contribution >= 0.6 is 0 Å². The second kappa shape index (κ2) is 4.10. The van der Waals surface area contributed by atoms with E-state index >= 15 is 0 Å². The normalized spacial score (nSPS) is 11.7. The molecule has 0 aromatic carbocycles. The van der Waals surface area contributed by atoms with Crippen molar-refractivity contribution in [2.75, 3.05) is 0 Å². The summed E-state index contributed by atoms with van der Waals surface area (Å²) in [7, 11) is 0. The molecule has 0 aliphatic rings. The van der Waals surface area contributed by atoms with Crippen LogP contribution in [0.25, 0.3) is 0 Å². The summed E-state index contributed by atoms with van der Waals surface area (Å²) in [5.41, 5.74) is 4.80. The van der Waals surface area contributed by atoms with Crippen molar-refractivity contribution in [3.63, 3.8) is 0 Å². The molecule has 0 fully saturated rings. The van der Waals surface area contributed by atoms with Gasteiger partial charge in [-0.15, -0.1) is 0 Å². The Balaban J connectivity index is 2.24. The van der Waals surface area contributed by atoms with Gasteiger partial charge in [0.25, 0.3) is 0 Å². The molecule has 7 heteroatoms. The molecule has 7 nitrogen and oxygen atoms in total. The lowest BCUT2D eigenvalue weighted by atomic mass is 10.1. The summed E-state index contributed by atoms with van der Waals surface area (Å²) in [5.74, 6) is 0.734. The quantitative estimate of drug-likeness (QED) is 0.795. The van der Waals surface area contributed by atoms with Gasteiger partial charge in [-0.2, -0.15) is 4.98 Å². The molecule has 0 radical (unpaired) electrons. The first kappa shape index (κ1) is 11.5. The second-order valence-electron chi connectivity index (χ2n) is 4.26. The fourth-order valence-electron chi connectivity index (χ4n) is 1.23. The zero-order chi connectivity index (χ0) is 12.5. The van der Waals surface area contributed by atoms with Gasteiger partial charge in [0.2, 0.25) is 5.89 Å². The van der Waals surface area contributed by atoms with E-state index in [-0.39, 0.29) is 12.2 Å². The van der Waals surface area contributed by atoms with Gasteiger partial charge in [-0.1, -0.05) is 5.16 Å². The lowest BCUT2D eigenvalue weighted by molar-refractivity contribution is 0.353. The maximum Gasteiger partial charge on any atom is 0.347 e. The summed E-state index contributed by atoms with van der Waals surface area (Å²) in [5, 5.41) is 3.77. The molecular weight excluding hydrogens is 222 g/mol. The monoisotopic (exact) mass is 235 g/mol. The largest absolute Gasteiger partial charge is 0.347 e. The minimum absolute atomic E-state index is 0.190.